The number of nitrogens with zero attached hydrogens (tertiary/aromatic N) is 2. The van der Waals surface area contributed by atoms with Crippen molar-refractivity contribution in [1.82, 2.24) is 4.98 Å². The molecule has 0 fully saturated rings. The maximum absolute atomic E-state index is 13.9. The number of Topliss-reactive ketones (excluding diaryl/α,β-unsaturated/α-hetero) is 1. The van der Waals surface area contributed by atoms with Gasteiger partial charge in [0, 0.05) is 28.1 Å². The molecular weight excluding hydrogens is 492 g/mol. The number of fused-ring (bicyclic) bond motifs is 2. The first-order valence-electron chi connectivity index (χ1n) is 11.4. The van der Waals surface area contributed by atoms with Crippen molar-refractivity contribution in [1.29, 1.82) is 0 Å². The quantitative estimate of drug-likeness (QED) is 0.274. The highest BCUT2D eigenvalue weighted by Crippen LogP contribution is 2.44. The summed E-state index contributed by atoms with van der Waals surface area (Å²) in [5, 5.41) is 13.8. The van der Waals surface area contributed by atoms with E-state index in [4.69, 9.17) is 20.8 Å². The normalized spacial score (nSPS) is 15.7. The largest absolute Gasteiger partial charge is 0.503 e. The summed E-state index contributed by atoms with van der Waals surface area (Å²) in [5.41, 5.74) is 1.18. The fraction of sp³-hybridized carbons (Fsp3) is 0.0690. The molecule has 1 atom stereocenters. The van der Waals surface area contributed by atoms with Crippen molar-refractivity contribution in [3.8, 4) is 5.75 Å². The van der Waals surface area contributed by atoms with Crippen molar-refractivity contribution in [3.63, 3.8) is 0 Å². The van der Waals surface area contributed by atoms with E-state index in [1.807, 2.05) is 36.4 Å². The average molecular weight is 511 g/mol. The minimum Gasteiger partial charge on any atom is -0.503 e. The maximum Gasteiger partial charge on any atom is 0.294 e. The molecule has 3 aromatic carbocycles. The van der Waals surface area contributed by atoms with Crippen LogP contribution < -0.4 is 9.64 Å². The number of carbonyl (C=O) groups is 2. The second-order valence-electron chi connectivity index (χ2n) is 8.56. The van der Waals surface area contributed by atoms with Crippen LogP contribution in [0.25, 0.3) is 21.7 Å². The summed E-state index contributed by atoms with van der Waals surface area (Å²) in [4.78, 5) is 33.3. The first-order valence-corrected chi connectivity index (χ1v) is 11.8. The van der Waals surface area contributed by atoms with Crippen molar-refractivity contribution in [2.24, 2.45) is 0 Å². The van der Waals surface area contributed by atoms with Gasteiger partial charge in [-0.15, -0.1) is 0 Å². The Morgan fingerprint density at radius 1 is 1.03 bits per heavy atom. The van der Waals surface area contributed by atoms with Crippen molar-refractivity contribution >= 4 is 50.7 Å². The molecule has 1 aliphatic heterocycles. The SMILES string of the molecule is COc1cc(Cl)cc2cc(C(=O)C3=C(O)C(=O)N(c4cccc5ccccc45)C3c3ccccn3)oc12. The molecule has 0 radical (unpaired) electrons. The van der Waals surface area contributed by atoms with Crippen LogP contribution in [0.15, 0.2) is 101 Å². The van der Waals surface area contributed by atoms with Crippen LogP contribution in [-0.4, -0.2) is 28.9 Å². The Morgan fingerprint density at radius 2 is 1.81 bits per heavy atom. The number of aromatic nitrogens is 1. The van der Waals surface area contributed by atoms with Crippen LogP contribution in [0.4, 0.5) is 5.69 Å². The number of aliphatic hydroxyl groups is 1. The molecule has 1 unspecified atom stereocenters. The Labute approximate surface area is 216 Å². The number of ether oxygens (including phenoxy) is 1. The van der Waals surface area contributed by atoms with E-state index in [0.717, 1.165) is 10.8 Å². The number of anilines is 1. The van der Waals surface area contributed by atoms with Gasteiger partial charge in [0.1, 0.15) is 6.04 Å². The second-order valence-corrected chi connectivity index (χ2v) is 9.00. The van der Waals surface area contributed by atoms with Gasteiger partial charge in [0.2, 0.25) is 5.78 Å². The van der Waals surface area contributed by atoms with E-state index in [1.165, 1.54) is 18.1 Å². The molecule has 0 bridgehead atoms. The van der Waals surface area contributed by atoms with Crippen molar-refractivity contribution < 1.29 is 23.8 Å². The first kappa shape index (κ1) is 22.8. The molecule has 6 rings (SSSR count). The molecule has 0 saturated heterocycles. The van der Waals surface area contributed by atoms with Gasteiger partial charge in [-0.3, -0.25) is 19.5 Å². The molecule has 2 aromatic heterocycles. The number of amides is 1. The van der Waals surface area contributed by atoms with Crippen LogP contribution >= 0.6 is 11.6 Å². The summed E-state index contributed by atoms with van der Waals surface area (Å²) in [6.07, 6.45) is 1.58. The lowest BCUT2D eigenvalue weighted by atomic mass is 9.97. The highest BCUT2D eigenvalue weighted by atomic mass is 35.5. The molecule has 1 amide bonds. The van der Waals surface area contributed by atoms with E-state index >= 15 is 0 Å². The topological polar surface area (TPSA) is 92.9 Å². The Hall–Kier alpha value is -4.62. The lowest BCUT2D eigenvalue weighted by molar-refractivity contribution is -0.117. The summed E-state index contributed by atoms with van der Waals surface area (Å²) in [6.45, 7) is 0. The van der Waals surface area contributed by atoms with E-state index in [9.17, 15) is 14.7 Å². The molecule has 8 heteroatoms. The Balaban J connectivity index is 1.54. The number of methoxy groups -OCH3 is 1. The zero-order valence-corrected chi connectivity index (χ0v) is 20.3. The highest BCUT2D eigenvalue weighted by molar-refractivity contribution is 6.31. The van der Waals surface area contributed by atoms with Crippen LogP contribution in [-0.2, 0) is 4.79 Å². The van der Waals surface area contributed by atoms with Crippen molar-refractivity contribution in [2.75, 3.05) is 12.0 Å². The fourth-order valence-corrected chi connectivity index (χ4v) is 5.02. The van der Waals surface area contributed by atoms with Gasteiger partial charge in [-0.25, -0.2) is 0 Å². The van der Waals surface area contributed by atoms with Gasteiger partial charge < -0.3 is 14.3 Å². The molecule has 7 nitrogen and oxygen atoms in total. The number of carbonyl (C=O) groups excluding carboxylic acids is 2. The third kappa shape index (κ3) is 3.63. The number of hydrogen-bond donors (Lipinski definition) is 1. The lowest BCUT2D eigenvalue weighted by Gasteiger charge is -2.27. The van der Waals surface area contributed by atoms with Gasteiger partial charge in [0.05, 0.1) is 24.1 Å². The van der Waals surface area contributed by atoms with Gasteiger partial charge in [-0.05, 0) is 35.7 Å². The molecule has 1 aliphatic rings. The third-order valence-corrected chi connectivity index (χ3v) is 6.66. The highest BCUT2D eigenvalue weighted by Gasteiger charge is 2.46. The minimum atomic E-state index is -0.981. The summed E-state index contributed by atoms with van der Waals surface area (Å²) >= 11 is 6.18. The summed E-state index contributed by atoms with van der Waals surface area (Å²) in [7, 11) is 1.47. The van der Waals surface area contributed by atoms with Gasteiger partial charge in [-0.1, -0.05) is 54.1 Å². The number of benzene rings is 3. The summed E-state index contributed by atoms with van der Waals surface area (Å²) < 4.78 is 11.2. The smallest absolute Gasteiger partial charge is 0.294 e. The van der Waals surface area contributed by atoms with Crippen molar-refractivity contribution in [2.45, 2.75) is 6.04 Å². The number of rotatable bonds is 5. The first-order chi connectivity index (χ1) is 18.0. The number of ketones is 1. The van der Waals surface area contributed by atoms with Crippen LogP contribution in [0.3, 0.4) is 0 Å². The minimum absolute atomic E-state index is 0.0642. The number of halogens is 1. The van der Waals surface area contributed by atoms with Crippen LogP contribution in [0.2, 0.25) is 5.02 Å². The predicted octanol–water partition coefficient (Wildman–Crippen LogP) is 6.43. The lowest BCUT2D eigenvalue weighted by Crippen LogP contribution is -2.31. The number of hydrogen-bond acceptors (Lipinski definition) is 6. The fourth-order valence-electron chi connectivity index (χ4n) is 4.80. The van der Waals surface area contributed by atoms with Gasteiger partial charge in [0.25, 0.3) is 5.91 Å². The molecule has 5 aromatic rings. The van der Waals surface area contributed by atoms with E-state index in [-0.39, 0.29) is 11.3 Å². The molecular formula is C29H19ClN2O5. The van der Waals surface area contributed by atoms with Crippen LogP contribution in [0.1, 0.15) is 22.3 Å². The number of aliphatic hydroxyl groups excluding tert-OH is 1. The van der Waals surface area contributed by atoms with E-state index < -0.39 is 23.5 Å². The van der Waals surface area contributed by atoms with Crippen molar-refractivity contribution in [3.05, 3.63) is 113 Å². The average Bonchev–Trinajstić information content (AvgIpc) is 3.46. The summed E-state index contributed by atoms with van der Waals surface area (Å²) in [5.74, 6) is -1.70. The van der Waals surface area contributed by atoms with E-state index in [1.54, 1.807) is 42.6 Å². The molecule has 0 aliphatic carbocycles. The molecule has 0 spiro atoms. The third-order valence-electron chi connectivity index (χ3n) is 6.44. The van der Waals surface area contributed by atoms with Crippen LogP contribution in [0, 0.1) is 0 Å². The zero-order chi connectivity index (χ0) is 25.7. The van der Waals surface area contributed by atoms with Gasteiger partial charge >= 0.3 is 0 Å². The molecule has 3 heterocycles. The summed E-state index contributed by atoms with van der Waals surface area (Å²) in [6, 6.07) is 22.1. The Kier molecular flexibility index (Phi) is 5.43. The van der Waals surface area contributed by atoms with Crippen LogP contribution in [0.5, 0.6) is 5.75 Å². The Morgan fingerprint density at radius 3 is 2.59 bits per heavy atom. The molecule has 1 N–H and O–H groups in total. The molecule has 0 saturated carbocycles. The predicted molar refractivity (Wildman–Crippen MR) is 140 cm³/mol. The zero-order valence-electron chi connectivity index (χ0n) is 19.5. The standard InChI is InChI=1S/C29H19ClN2O5/c1-36-23-15-18(30)13-17-14-22(37-28(17)23)26(33)24-25(20-10-4-5-12-31-20)32(29(35)27(24)34)21-11-6-8-16-7-2-3-9-19(16)21/h2-15,25,34H,1H3. The van der Waals surface area contributed by atoms with E-state index in [2.05, 4.69) is 4.98 Å². The van der Waals surface area contributed by atoms with Gasteiger partial charge in [-0.2, -0.15) is 0 Å². The van der Waals surface area contributed by atoms with Gasteiger partial charge in [0.15, 0.2) is 22.9 Å². The second kappa shape index (κ2) is 8.80. The molecule has 37 heavy (non-hydrogen) atoms. The molecule has 182 valence electrons. The monoisotopic (exact) mass is 510 g/mol. The number of furan rings is 1. The number of pyridine rings is 1. The Bertz CT molecular complexity index is 1740. The maximum atomic E-state index is 13.9. The van der Waals surface area contributed by atoms with E-state index in [0.29, 0.717) is 33.1 Å².